The quantitative estimate of drug-likeness (QED) is 0.774. The molecule has 1 N–H and O–H groups in total. The average molecular weight is 208 g/mol. The van der Waals surface area contributed by atoms with Crippen LogP contribution in [0.2, 0.25) is 0 Å². The van der Waals surface area contributed by atoms with Crippen LogP contribution in [-0.2, 0) is 9.53 Å². The van der Waals surface area contributed by atoms with Crippen LogP contribution < -0.4 is 0 Å². The van der Waals surface area contributed by atoms with Gasteiger partial charge in [-0.2, -0.15) is 0 Å². The molecule has 1 aromatic rings. The largest absolute Gasteiger partial charge is 0.508 e. The lowest BCUT2D eigenvalue weighted by molar-refractivity contribution is -0.148. The number of ether oxygens (including phenoxy) is 1. The molecule has 15 heavy (non-hydrogen) atoms. The maximum absolute atomic E-state index is 11.2. The van der Waals surface area contributed by atoms with Crippen molar-refractivity contribution in [2.24, 2.45) is 0 Å². The number of hydrogen-bond acceptors (Lipinski definition) is 3. The molecule has 0 saturated heterocycles. The Morgan fingerprint density at radius 3 is 2.87 bits per heavy atom. The normalized spacial score (nSPS) is 12.1. The van der Waals surface area contributed by atoms with E-state index in [-0.39, 0.29) is 17.8 Å². The summed E-state index contributed by atoms with van der Waals surface area (Å²) in [5, 5.41) is 9.26. The van der Waals surface area contributed by atoms with Gasteiger partial charge in [-0.1, -0.05) is 19.1 Å². The second-order valence-electron chi connectivity index (χ2n) is 3.48. The summed E-state index contributed by atoms with van der Waals surface area (Å²) in [6.07, 6.45) is 0.908. The smallest absolute Gasteiger partial charge is 0.306 e. The molecule has 0 heterocycles. The van der Waals surface area contributed by atoms with Gasteiger partial charge in [0.2, 0.25) is 0 Å². The van der Waals surface area contributed by atoms with Crippen molar-refractivity contribution in [3.8, 4) is 5.75 Å². The first kappa shape index (κ1) is 11.6. The van der Waals surface area contributed by atoms with Crippen molar-refractivity contribution in [3.05, 3.63) is 29.8 Å². The Bertz CT molecular complexity index is 333. The van der Waals surface area contributed by atoms with Crippen LogP contribution in [0.4, 0.5) is 0 Å². The third-order valence-electron chi connectivity index (χ3n) is 2.10. The molecule has 0 aromatic heterocycles. The van der Waals surface area contributed by atoms with Gasteiger partial charge < -0.3 is 9.84 Å². The van der Waals surface area contributed by atoms with Crippen molar-refractivity contribution in [2.75, 3.05) is 0 Å². The van der Waals surface area contributed by atoms with E-state index in [9.17, 15) is 9.90 Å². The van der Waals surface area contributed by atoms with Crippen molar-refractivity contribution < 1.29 is 14.6 Å². The van der Waals surface area contributed by atoms with Crippen LogP contribution in [0, 0.1) is 0 Å². The van der Waals surface area contributed by atoms with Crippen LogP contribution in [0.1, 0.15) is 38.4 Å². The predicted octanol–water partition coefficient (Wildman–Crippen LogP) is 2.80. The number of benzene rings is 1. The molecule has 1 rings (SSSR count). The van der Waals surface area contributed by atoms with Crippen molar-refractivity contribution in [3.63, 3.8) is 0 Å². The molecule has 0 saturated carbocycles. The van der Waals surface area contributed by atoms with Gasteiger partial charge in [0.15, 0.2) is 0 Å². The van der Waals surface area contributed by atoms with E-state index in [2.05, 4.69) is 0 Å². The van der Waals surface area contributed by atoms with Gasteiger partial charge >= 0.3 is 5.97 Å². The number of carbonyl (C=O) groups is 1. The molecule has 0 aliphatic heterocycles. The predicted molar refractivity (Wildman–Crippen MR) is 57.5 cm³/mol. The summed E-state index contributed by atoms with van der Waals surface area (Å²) in [5.74, 6) is -0.0146. The van der Waals surface area contributed by atoms with Gasteiger partial charge in [0.05, 0.1) is 0 Å². The second kappa shape index (κ2) is 5.39. The van der Waals surface area contributed by atoms with Gasteiger partial charge in [-0.3, -0.25) is 4.79 Å². The summed E-state index contributed by atoms with van der Waals surface area (Å²) in [6.45, 7) is 3.72. The van der Waals surface area contributed by atoms with Gasteiger partial charge in [0.1, 0.15) is 11.9 Å². The summed E-state index contributed by atoms with van der Waals surface area (Å²) in [6, 6.07) is 6.74. The topological polar surface area (TPSA) is 46.5 Å². The molecule has 82 valence electrons. The Kier molecular flexibility index (Phi) is 4.16. The van der Waals surface area contributed by atoms with Gasteiger partial charge in [-0.25, -0.2) is 0 Å². The molecule has 0 radical (unpaired) electrons. The molecule has 0 unspecified atom stereocenters. The van der Waals surface area contributed by atoms with Crippen molar-refractivity contribution in [1.29, 1.82) is 0 Å². The minimum Gasteiger partial charge on any atom is -0.508 e. The van der Waals surface area contributed by atoms with E-state index in [0.29, 0.717) is 6.42 Å². The average Bonchev–Trinajstić information content (AvgIpc) is 2.18. The molecule has 0 amide bonds. The zero-order valence-electron chi connectivity index (χ0n) is 9.06. The van der Waals surface area contributed by atoms with Gasteiger partial charge in [-0.05, 0) is 31.0 Å². The number of aromatic hydroxyl groups is 1. The van der Waals surface area contributed by atoms with E-state index in [1.807, 2.05) is 13.0 Å². The molecular formula is C12H16O3. The molecule has 3 nitrogen and oxygen atoms in total. The van der Waals surface area contributed by atoms with Crippen molar-refractivity contribution in [1.82, 2.24) is 0 Å². The maximum atomic E-state index is 11.2. The van der Waals surface area contributed by atoms with Crippen LogP contribution in [0.5, 0.6) is 5.75 Å². The Morgan fingerprint density at radius 2 is 2.27 bits per heavy atom. The Morgan fingerprint density at radius 1 is 1.53 bits per heavy atom. The zero-order valence-corrected chi connectivity index (χ0v) is 9.06. The lowest BCUT2D eigenvalue weighted by Crippen LogP contribution is -2.08. The van der Waals surface area contributed by atoms with Crippen LogP contribution in [-0.4, -0.2) is 11.1 Å². The fourth-order valence-electron chi connectivity index (χ4n) is 1.31. The van der Waals surface area contributed by atoms with E-state index < -0.39 is 0 Å². The highest BCUT2D eigenvalue weighted by atomic mass is 16.5. The summed E-state index contributed by atoms with van der Waals surface area (Å²) in [4.78, 5) is 11.2. The summed E-state index contributed by atoms with van der Waals surface area (Å²) in [5.41, 5.74) is 0.805. The lowest BCUT2D eigenvalue weighted by atomic mass is 10.1. The second-order valence-corrected chi connectivity index (χ2v) is 3.48. The summed E-state index contributed by atoms with van der Waals surface area (Å²) < 4.78 is 5.18. The van der Waals surface area contributed by atoms with Gasteiger partial charge in [0, 0.05) is 6.42 Å². The number of rotatable bonds is 4. The first-order chi connectivity index (χ1) is 7.13. The number of esters is 1. The molecular weight excluding hydrogens is 192 g/mol. The first-order valence-corrected chi connectivity index (χ1v) is 5.12. The fourth-order valence-corrected chi connectivity index (χ4v) is 1.31. The zero-order chi connectivity index (χ0) is 11.3. The van der Waals surface area contributed by atoms with Gasteiger partial charge in [0.25, 0.3) is 0 Å². The van der Waals surface area contributed by atoms with Crippen LogP contribution in [0.25, 0.3) is 0 Å². The van der Waals surface area contributed by atoms with E-state index in [0.717, 1.165) is 12.0 Å². The highest BCUT2D eigenvalue weighted by molar-refractivity contribution is 5.69. The summed E-state index contributed by atoms with van der Waals surface area (Å²) >= 11 is 0. The molecule has 0 aliphatic carbocycles. The fraction of sp³-hybridized carbons (Fsp3) is 0.417. The number of phenolic OH excluding ortho intramolecular Hbond substituents is 1. The lowest BCUT2D eigenvalue weighted by Gasteiger charge is -2.13. The van der Waals surface area contributed by atoms with E-state index in [1.165, 1.54) is 0 Å². The Hall–Kier alpha value is -1.51. The number of phenols is 1. The minimum absolute atomic E-state index is 0.186. The highest BCUT2D eigenvalue weighted by Crippen LogP contribution is 2.21. The SMILES string of the molecule is CCCC(=O)O[C@@H](C)c1cccc(O)c1. The first-order valence-electron chi connectivity index (χ1n) is 5.12. The molecule has 0 fully saturated rings. The summed E-state index contributed by atoms with van der Waals surface area (Å²) in [7, 11) is 0. The van der Waals surface area contributed by atoms with Crippen LogP contribution >= 0.6 is 0 Å². The standard InChI is InChI=1S/C12H16O3/c1-3-5-12(14)15-9(2)10-6-4-7-11(13)8-10/h4,6-9,13H,3,5H2,1-2H3/t9-/m0/s1. The molecule has 1 atom stereocenters. The van der Waals surface area contributed by atoms with Crippen LogP contribution in [0.3, 0.4) is 0 Å². The third kappa shape index (κ3) is 3.62. The highest BCUT2D eigenvalue weighted by Gasteiger charge is 2.10. The van der Waals surface area contributed by atoms with E-state index in [4.69, 9.17) is 4.74 Å². The molecule has 3 heteroatoms. The third-order valence-corrected chi connectivity index (χ3v) is 2.10. The van der Waals surface area contributed by atoms with Crippen LogP contribution in [0.15, 0.2) is 24.3 Å². The number of hydrogen-bond donors (Lipinski definition) is 1. The Balaban J connectivity index is 2.60. The molecule has 1 aromatic carbocycles. The Labute approximate surface area is 89.7 Å². The van der Waals surface area contributed by atoms with E-state index in [1.54, 1.807) is 25.1 Å². The molecule has 0 bridgehead atoms. The molecule has 0 aliphatic rings. The monoisotopic (exact) mass is 208 g/mol. The van der Waals surface area contributed by atoms with E-state index >= 15 is 0 Å². The van der Waals surface area contributed by atoms with Crippen molar-refractivity contribution >= 4 is 5.97 Å². The maximum Gasteiger partial charge on any atom is 0.306 e. The van der Waals surface area contributed by atoms with Gasteiger partial charge in [-0.15, -0.1) is 0 Å². The minimum atomic E-state index is -0.309. The molecule has 0 spiro atoms. The number of carbonyl (C=O) groups excluding carboxylic acids is 1. The van der Waals surface area contributed by atoms with Crippen molar-refractivity contribution in [2.45, 2.75) is 32.8 Å².